The minimum Gasteiger partial charge on any atom is -0.378 e. The molecule has 1 aliphatic carbocycles. The smallest absolute Gasteiger partial charge is 0.129 e. The topological polar surface area (TPSA) is 9.23 Å². The Hall–Kier alpha value is -0.670. The standard InChI is InChI=1S/C15H19ClF2O/c1-2-19-14-6-10(7-14)5-12(16)8-11-3-4-13(17)9-15(11)18/h3-4,9-10,12,14H,2,5-8H2,1H3. The molecular weight excluding hydrogens is 270 g/mol. The van der Waals surface area contributed by atoms with Crippen LogP contribution in [0.5, 0.6) is 0 Å². The highest BCUT2D eigenvalue weighted by Gasteiger charge is 2.31. The average Bonchev–Trinajstić information content (AvgIpc) is 2.30. The molecule has 1 aromatic carbocycles. The third kappa shape index (κ3) is 4.15. The number of hydrogen-bond donors (Lipinski definition) is 0. The molecular formula is C15H19ClF2O. The molecule has 1 saturated carbocycles. The van der Waals surface area contributed by atoms with Crippen molar-refractivity contribution in [2.75, 3.05) is 6.61 Å². The van der Waals surface area contributed by atoms with Crippen LogP contribution in [0.3, 0.4) is 0 Å². The lowest BCUT2D eigenvalue weighted by atomic mass is 9.78. The maximum absolute atomic E-state index is 13.5. The van der Waals surface area contributed by atoms with E-state index in [1.54, 1.807) is 0 Å². The normalized spacial score (nSPS) is 24.0. The van der Waals surface area contributed by atoms with Crippen LogP contribution in [0.1, 0.15) is 31.7 Å². The Morgan fingerprint density at radius 1 is 1.37 bits per heavy atom. The van der Waals surface area contributed by atoms with Gasteiger partial charge in [0.05, 0.1) is 6.10 Å². The predicted molar refractivity (Wildman–Crippen MR) is 72.5 cm³/mol. The molecule has 1 fully saturated rings. The van der Waals surface area contributed by atoms with Gasteiger partial charge in [-0.05, 0) is 50.2 Å². The van der Waals surface area contributed by atoms with Gasteiger partial charge in [0.1, 0.15) is 11.6 Å². The van der Waals surface area contributed by atoms with Crippen LogP contribution in [0.15, 0.2) is 18.2 Å². The molecule has 1 nitrogen and oxygen atoms in total. The number of alkyl halides is 1. The highest BCUT2D eigenvalue weighted by Crippen LogP contribution is 2.35. The summed E-state index contributed by atoms with van der Waals surface area (Å²) in [6.45, 7) is 2.75. The van der Waals surface area contributed by atoms with E-state index >= 15 is 0 Å². The highest BCUT2D eigenvalue weighted by molar-refractivity contribution is 6.20. The van der Waals surface area contributed by atoms with Gasteiger partial charge in [0, 0.05) is 18.1 Å². The van der Waals surface area contributed by atoms with Gasteiger partial charge in [-0.3, -0.25) is 0 Å². The second-order valence-electron chi connectivity index (χ2n) is 5.19. The Morgan fingerprint density at radius 3 is 2.74 bits per heavy atom. The van der Waals surface area contributed by atoms with E-state index in [-0.39, 0.29) is 5.38 Å². The molecule has 0 heterocycles. The predicted octanol–water partition coefficient (Wildman–Crippen LogP) is 4.32. The number of ether oxygens (including phenoxy) is 1. The molecule has 1 aromatic rings. The molecule has 2 rings (SSSR count). The summed E-state index contributed by atoms with van der Waals surface area (Å²) in [7, 11) is 0. The zero-order valence-corrected chi connectivity index (χ0v) is 11.8. The lowest BCUT2D eigenvalue weighted by Gasteiger charge is -2.36. The summed E-state index contributed by atoms with van der Waals surface area (Å²) in [6, 6.07) is 3.66. The van der Waals surface area contributed by atoms with Crippen LogP contribution in [0, 0.1) is 17.6 Å². The van der Waals surface area contributed by atoms with E-state index < -0.39 is 11.6 Å². The van der Waals surface area contributed by atoms with Crippen molar-refractivity contribution in [3.05, 3.63) is 35.4 Å². The minimum absolute atomic E-state index is 0.104. The van der Waals surface area contributed by atoms with Crippen molar-refractivity contribution in [2.24, 2.45) is 5.92 Å². The second-order valence-corrected chi connectivity index (χ2v) is 5.80. The monoisotopic (exact) mass is 288 g/mol. The van der Waals surface area contributed by atoms with Crippen molar-refractivity contribution >= 4 is 11.6 Å². The van der Waals surface area contributed by atoms with Gasteiger partial charge in [-0.2, -0.15) is 0 Å². The maximum Gasteiger partial charge on any atom is 0.129 e. The lowest BCUT2D eigenvalue weighted by molar-refractivity contribution is -0.0266. The van der Waals surface area contributed by atoms with E-state index in [1.165, 1.54) is 12.1 Å². The van der Waals surface area contributed by atoms with Gasteiger partial charge < -0.3 is 4.74 Å². The van der Waals surface area contributed by atoms with Crippen molar-refractivity contribution in [3.8, 4) is 0 Å². The molecule has 0 saturated heterocycles. The quantitative estimate of drug-likeness (QED) is 0.708. The first kappa shape index (κ1) is 14.7. The van der Waals surface area contributed by atoms with Crippen molar-refractivity contribution in [1.29, 1.82) is 0 Å². The van der Waals surface area contributed by atoms with Crippen LogP contribution in [0.2, 0.25) is 0 Å². The Bertz CT molecular complexity index is 419. The first-order chi connectivity index (χ1) is 9.08. The largest absolute Gasteiger partial charge is 0.378 e. The van der Waals surface area contributed by atoms with Gasteiger partial charge in [-0.1, -0.05) is 6.07 Å². The highest BCUT2D eigenvalue weighted by atomic mass is 35.5. The van der Waals surface area contributed by atoms with Crippen LogP contribution in [-0.4, -0.2) is 18.1 Å². The van der Waals surface area contributed by atoms with Gasteiger partial charge in [0.2, 0.25) is 0 Å². The molecule has 4 heteroatoms. The average molecular weight is 289 g/mol. The van der Waals surface area contributed by atoms with Crippen molar-refractivity contribution < 1.29 is 13.5 Å². The summed E-state index contributed by atoms with van der Waals surface area (Å²) in [4.78, 5) is 0. The van der Waals surface area contributed by atoms with E-state index in [0.717, 1.165) is 31.9 Å². The molecule has 19 heavy (non-hydrogen) atoms. The van der Waals surface area contributed by atoms with E-state index in [0.29, 0.717) is 24.0 Å². The van der Waals surface area contributed by atoms with Crippen molar-refractivity contribution in [2.45, 2.75) is 44.1 Å². The van der Waals surface area contributed by atoms with E-state index in [1.807, 2.05) is 6.92 Å². The summed E-state index contributed by atoms with van der Waals surface area (Å²) in [5, 5.41) is -0.104. The van der Waals surface area contributed by atoms with Gasteiger partial charge in [0.15, 0.2) is 0 Å². The molecule has 1 atom stereocenters. The third-order valence-corrected chi connectivity index (χ3v) is 3.97. The van der Waals surface area contributed by atoms with Gasteiger partial charge in [-0.25, -0.2) is 8.78 Å². The molecule has 0 N–H and O–H groups in total. The molecule has 1 unspecified atom stereocenters. The molecule has 0 aromatic heterocycles. The fourth-order valence-corrected chi connectivity index (χ4v) is 3.03. The van der Waals surface area contributed by atoms with Crippen molar-refractivity contribution in [3.63, 3.8) is 0 Å². The summed E-state index contributed by atoms with van der Waals surface area (Å²) >= 11 is 6.26. The number of hydrogen-bond acceptors (Lipinski definition) is 1. The molecule has 0 spiro atoms. The summed E-state index contributed by atoms with van der Waals surface area (Å²) in [5.74, 6) is -0.486. The first-order valence-electron chi connectivity index (χ1n) is 6.78. The van der Waals surface area contributed by atoms with Crippen LogP contribution in [0.25, 0.3) is 0 Å². The zero-order chi connectivity index (χ0) is 13.8. The van der Waals surface area contributed by atoms with E-state index in [4.69, 9.17) is 16.3 Å². The lowest BCUT2D eigenvalue weighted by Crippen LogP contribution is -2.33. The molecule has 106 valence electrons. The molecule has 0 amide bonds. The summed E-state index contributed by atoms with van der Waals surface area (Å²) in [5.41, 5.74) is 0.488. The summed E-state index contributed by atoms with van der Waals surface area (Å²) in [6.07, 6.45) is 3.78. The minimum atomic E-state index is -0.550. The third-order valence-electron chi connectivity index (χ3n) is 3.64. The fourth-order valence-electron chi connectivity index (χ4n) is 2.61. The zero-order valence-electron chi connectivity index (χ0n) is 11.0. The van der Waals surface area contributed by atoms with Gasteiger partial charge in [0.25, 0.3) is 0 Å². The van der Waals surface area contributed by atoms with Crippen LogP contribution >= 0.6 is 11.6 Å². The SMILES string of the molecule is CCOC1CC(CC(Cl)Cc2ccc(F)cc2F)C1. The maximum atomic E-state index is 13.5. The second kappa shape index (κ2) is 6.67. The Labute approximate surface area is 117 Å². The van der Waals surface area contributed by atoms with Crippen LogP contribution < -0.4 is 0 Å². The number of halogens is 3. The van der Waals surface area contributed by atoms with E-state index in [2.05, 4.69) is 0 Å². The molecule has 1 aliphatic rings. The van der Waals surface area contributed by atoms with Gasteiger partial charge >= 0.3 is 0 Å². The molecule has 0 bridgehead atoms. The Morgan fingerprint density at radius 2 is 2.11 bits per heavy atom. The van der Waals surface area contributed by atoms with Crippen LogP contribution in [0.4, 0.5) is 8.78 Å². The summed E-state index contributed by atoms with van der Waals surface area (Å²) < 4.78 is 31.8. The molecule has 0 aliphatic heterocycles. The fraction of sp³-hybridized carbons (Fsp3) is 0.600. The number of rotatable bonds is 6. The number of benzene rings is 1. The Balaban J connectivity index is 1.77. The van der Waals surface area contributed by atoms with Gasteiger partial charge in [-0.15, -0.1) is 11.6 Å². The van der Waals surface area contributed by atoms with Crippen molar-refractivity contribution in [1.82, 2.24) is 0 Å². The van der Waals surface area contributed by atoms with Crippen LogP contribution in [-0.2, 0) is 11.2 Å². The Kier molecular flexibility index (Phi) is 5.17. The van der Waals surface area contributed by atoms with E-state index in [9.17, 15) is 8.78 Å². The molecule has 0 radical (unpaired) electrons. The first-order valence-corrected chi connectivity index (χ1v) is 7.21.